The van der Waals surface area contributed by atoms with Gasteiger partial charge in [-0.05, 0) is 35.9 Å². The van der Waals surface area contributed by atoms with Crippen molar-refractivity contribution in [1.82, 2.24) is 29.8 Å². The first kappa shape index (κ1) is 20.9. The molecule has 3 heterocycles. The Morgan fingerprint density at radius 2 is 1.74 bits per heavy atom. The van der Waals surface area contributed by atoms with Crippen LogP contribution in [0.4, 0.5) is 17.6 Å². The van der Waals surface area contributed by atoms with Crippen LogP contribution in [-0.2, 0) is 12.7 Å². The van der Waals surface area contributed by atoms with Crippen LogP contribution in [0.15, 0.2) is 48.8 Å². The normalized spacial score (nSPS) is 15.3. The van der Waals surface area contributed by atoms with Gasteiger partial charge in [0.15, 0.2) is 11.4 Å². The number of halogens is 4. The van der Waals surface area contributed by atoms with E-state index in [9.17, 15) is 22.4 Å². The van der Waals surface area contributed by atoms with Crippen LogP contribution in [0.3, 0.4) is 0 Å². The minimum absolute atomic E-state index is 0.166. The maximum atomic E-state index is 13.8. The molecule has 0 spiro atoms. The predicted octanol–water partition coefficient (Wildman–Crippen LogP) is 2.78. The lowest BCUT2D eigenvalue weighted by Crippen LogP contribution is -2.48. The van der Waals surface area contributed by atoms with E-state index >= 15 is 0 Å². The van der Waals surface area contributed by atoms with Crippen molar-refractivity contribution in [3.05, 3.63) is 71.6 Å². The first-order chi connectivity index (χ1) is 14.8. The molecule has 31 heavy (non-hydrogen) atoms. The summed E-state index contributed by atoms with van der Waals surface area (Å²) in [6.07, 6.45) is -1.52. The second-order valence-corrected chi connectivity index (χ2v) is 7.10. The number of nitrogens with zero attached hydrogens (tertiary/aromatic N) is 6. The van der Waals surface area contributed by atoms with E-state index in [0.717, 1.165) is 17.7 Å². The molecule has 0 atom stereocenters. The van der Waals surface area contributed by atoms with Gasteiger partial charge in [-0.3, -0.25) is 14.7 Å². The summed E-state index contributed by atoms with van der Waals surface area (Å²) in [4.78, 5) is 20.3. The van der Waals surface area contributed by atoms with Gasteiger partial charge in [0.1, 0.15) is 5.82 Å². The Hall–Kier alpha value is -3.34. The molecule has 1 aliphatic heterocycles. The summed E-state index contributed by atoms with van der Waals surface area (Å²) in [5, 5.41) is 7.01. The molecule has 0 aliphatic carbocycles. The monoisotopic (exact) mass is 434 g/mol. The Morgan fingerprint density at radius 3 is 2.39 bits per heavy atom. The third-order valence-corrected chi connectivity index (χ3v) is 5.01. The van der Waals surface area contributed by atoms with Gasteiger partial charge in [-0.2, -0.15) is 13.2 Å². The second kappa shape index (κ2) is 8.42. The van der Waals surface area contributed by atoms with Crippen LogP contribution in [0.25, 0.3) is 5.69 Å². The largest absolute Gasteiger partial charge is 0.435 e. The maximum absolute atomic E-state index is 13.8. The molecule has 2 aromatic heterocycles. The smallest absolute Gasteiger partial charge is 0.335 e. The van der Waals surface area contributed by atoms with Crippen molar-refractivity contribution in [2.24, 2.45) is 0 Å². The fourth-order valence-electron chi connectivity index (χ4n) is 3.47. The average Bonchev–Trinajstić information content (AvgIpc) is 3.20. The molecule has 3 aromatic rings. The van der Waals surface area contributed by atoms with E-state index in [2.05, 4.69) is 20.2 Å². The number of alkyl halides is 3. The fraction of sp³-hybridized carbons (Fsp3) is 0.300. The van der Waals surface area contributed by atoms with E-state index in [1.807, 2.05) is 12.1 Å². The summed E-state index contributed by atoms with van der Waals surface area (Å²) in [6, 6.07) is 8.30. The van der Waals surface area contributed by atoms with Crippen LogP contribution >= 0.6 is 0 Å². The van der Waals surface area contributed by atoms with Gasteiger partial charge in [0, 0.05) is 45.1 Å². The molecule has 162 valence electrons. The SMILES string of the molecule is O=C(c1nnn(-c2cccc(F)c2)c1C(F)(F)F)N1CCN(Cc2ccncc2)CC1. The van der Waals surface area contributed by atoms with Gasteiger partial charge in [0.2, 0.25) is 0 Å². The highest BCUT2D eigenvalue weighted by Crippen LogP contribution is 2.33. The number of rotatable bonds is 4. The number of carbonyl (C=O) groups is 1. The van der Waals surface area contributed by atoms with Gasteiger partial charge in [-0.25, -0.2) is 9.07 Å². The van der Waals surface area contributed by atoms with Crippen molar-refractivity contribution in [2.75, 3.05) is 26.2 Å². The number of aromatic nitrogens is 4. The highest BCUT2D eigenvalue weighted by molar-refractivity contribution is 5.93. The molecule has 1 aliphatic rings. The standard InChI is InChI=1S/C20H18F4N6O/c21-15-2-1-3-16(12-15)30-18(20(22,23)24)17(26-27-30)19(31)29-10-8-28(9-11-29)13-14-4-6-25-7-5-14/h1-7,12H,8-11,13H2. The molecule has 0 saturated carbocycles. The maximum Gasteiger partial charge on any atom is 0.435 e. The molecule has 1 amide bonds. The molecule has 1 fully saturated rings. The molecule has 11 heteroatoms. The summed E-state index contributed by atoms with van der Waals surface area (Å²) >= 11 is 0. The number of pyridine rings is 1. The molecule has 1 aromatic carbocycles. The van der Waals surface area contributed by atoms with Crippen molar-refractivity contribution < 1.29 is 22.4 Å². The number of piperazine rings is 1. The first-order valence-electron chi connectivity index (χ1n) is 9.52. The number of benzene rings is 1. The topological polar surface area (TPSA) is 67.2 Å². The molecule has 0 unspecified atom stereocenters. The number of amides is 1. The highest BCUT2D eigenvalue weighted by atomic mass is 19.4. The Bertz CT molecular complexity index is 1060. The Labute approximate surface area is 174 Å². The average molecular weight is 434 g/mol. The van der Waals surface area contributed by atoms with E-state index in [4.69, 9.17) is 0 Å². The van der Waals surface area contributed by atoms with Crippen LogP contribution < -0.4 is 0 Å². The summed E-state index contributed by atoms with van der Waals surface area (Å²) < 4.78 is 55.3. The molecule has 4 rings (SSSR count). The van der Waals surface area contributed by atoms with Gasteiger partial charge in [0.05, 0.1) is 5.69 Å². The fourth-order valence-corrected chi connectivity index (χ4v) is 3.47. The van der Waals surface area contributed by atoms with Crippen molar-refractivity contribution >= 4 is 5.91 Å². The number of hydrogen-bond donors (Lipinski definition) is 0. The highest BCUT2D eigenvalue weighted by Gasteiger charge is 2.43. The lowest BCUT2D eigenvalue weighted by molar-refractivity contribution is -0.143. The zero-order valence-electron chi connectivity index (χ0n) is 16.3. The quantitative estimate of drug-likeness (QED) is 0.591. The van der Waals surface area contributed by atoms with Gasteiger partial charge >= 0.3 is 6.18 Å². The van der Waals surface area contributed by atoms with Gasteiger partial charge < -0.3 is 4.90 Å². The molecule has 0 N–H and O–H groups in total. The molecule has 0 bridgehead atoms. The third-order valence-electron chi connectivity index (χ3n) is 5.01. The van der Waals surface area contributed by atoms with E-state index in [0.29, 0.717) is 24.3 Å². The van der Waals surface area contributed by atoms with Gasteiger partial charge in [0.25, 0.3) is 5.91 Å². The molecule has 7 nitrogen and oxygen atoms in total. The van der Waals surface area contributed by atoms with Crippen LogP contribution in [0.5, 0.6) is 0 Å². The van der Waals surface area contributed by atoms with Crippen LogP contribution in [0, 0.1) is 5.82 Å². The van der Waals surface area contributed by atoms with Crippen LogP contribution in [0.2, 0.25) is 0 Å². The second-order valence-electron chi connectivity index (χ2n) is 7.10. The zero-order chi connectivity index (χ0) is 22.0. The Balaban J connectivity index is 1.53. The van der Waals surface area contributed by atoms with Gasteiger partial charge in [-0.1, -0.05) is 11.3 Å². The van der Waals surface area contributed by atoms with Crippen molar-refractivity contribution in [3.8, 4) is 5.69 Å². The summed E-state index contributed by atoms with van der Waals surface area (Å²) in [5.74, 6) is -1.57. The van der Waals surface area contributed by atoms with Crippen molar-refractivity contribution in [2.45, 2.75) is 12.7 Å². The van der Waals surface area contributed by atoms with Gasteiger partial charge in [-0.15, -0.1) is 5.10 Å². The summed E-state index contributed by atoms with van der Waals surface area (Å²) in [5.41, 5.74) is -1.21. The molecular formula is C20H18F4N6O. The van der Waals surface area contributed by atoms with Crippen molar-refractivity contribution in [3.63, 3.8) is 0 Å². The number of carbonyl (C=O) groups excluding carboxylic acids is 1. The van der Waals surface area contributed by atoms with E-state index in [1.54, 1.807) is 12.4 Å². The van der Waals surface area contributed by atoms with E-state index in [-0.39, 0.29) is 18.8 Å². The Kier molecular flexibility index (Phi) is 5.68. The number of hydrogen-bond acceptors (Lipinski definition) is 5. The molecular weight excluding hydrogens is 416 g/mol. The van der Waals surface area contributed by atoms with Crippen molar-refractivity contribution in [1.29, 1.82) is 0 Å². The summed E-state index contributed by atoms with van der Waals surface area (Å²) in [6.45, 7) is 2.19. The minimum atomic E-state index is -4.90. The molecule has 1 saturated heterocycles. The summed E-state index contributed by atoms with van der Waals surface area (Å²) in [7, 11) is 0. The lowest BCUT2D eigenvalue weighted by Gasteiger charge is -2.34. The predicted molar refractivity (Wildman–Crippen MR) is 102 cm³/mol. The van der Waals surface area contributed by atoms with E-state index in [1.165, 1.54) is 17.0 Å². The molecule has 0 radical (unpaired) electrons. The third kappa shape index (κ3) is 4.55. The van der Waals surface area contributed by atoms with Crippen LogP contribution in [-0.4, -0.2) is 61.9 Å². The lowest BCUT2D eigenvalue weighted by atomic mass is 10.2. The zero-order valence-corrected chi connectivity index (χ0v) is 16.3. The Morgan fingerprint density at radius 1 is 1.03 bits per heavy atom. The first-order valence-corrected chi connectivity index (χ1v) is 9.52. The minimum Gasteiger partial charge on any atom is -0.335 e. The van der Waals surface area contributed by atoms with Crippen LogP contribution in [0.1, 0.15) is 21.7 Å². The van der Waals surface area contributed by atoms with E-state index < -0.39 is 29.3 Å².